The third-order valence-corrected chi connectivity index (χ3v) is 4.04. The highest BCUT2D eigenvalue weighted by Crippen LogP contribution is 2.35. The van der Waals surface area contributed by atoms with Gasteiger partial charge in [0.25, 0.3) is 0 Å². The van der Waals surface area contributed by atoms with E-state index in [1.54, 1.807) is 7.11 Å². The van der Waals surface area contributed by atoms with Crippen LogP contribution in [-0.4, -0.2) is 26.5 Å². The van der Waals surface area contributed by atoms with Crippen LogP contribution in [0.3, 0.4) is 0 Å². The Bertz CT molecular complexity index is 372. The van der Waals surface area contributed by atoms with E-state index in [-0.39, 0.29) is 0 Å². The van der Waals surface area contributed by atoms with Gasteiger partial charge in [0, 0.05) is 11.4 Å². The van der Waals surface area contributed by atoms with Crippen molar-refractivity contribution < 1.29 is 4.74 Å². The predicted molar refractivity (Wildman–Crippen MR) is 69.7 cm³/mol. The number of thioether (sulfide) groups is 1. The van der Waals surface area contributed by atoms with Crippen molar-refractivity contribution in [2.75, 3.05) is 26.5 Å². The maximum Gasteiger partial charge on any atom is 0.122 e. The third-order valence-electron chi connectivity index (χ3n) is 3.25. The van der Waals surface area contributed by atoms with Gasteiger partial charge >= 0.3 is 0 Å². The molecule has 1 N–H and O–H groups in total. The Kier molecular flexibility index (Phi) is 3.77. The Labute approximate surface area is 102 Å². The summed E-state index contributed by atoms with van der Waals surface area (Å²) in [6.45, 7) is 4.34. The molecule has 3 heteroatoms. The van der Waals surface area contributed by atoms with Crippen molar-refractivity contribution in [2.45, 2.75) is 24.2 Å². The molecule has 1 atom stereocenters. The predicted octanol–water partition coefficient (Wildman–Crippen LogP) is 2.80. The van der Waals surface area contributed by atoms with Gasteiger partial charge in [-0.25, -0.2) is 0 Å². The summed E-state index contributed by atoms with van der Waals surface area (Å²) in [5, 5.41) is 3.42. The van der Waals surface area contributed by atoms with Crippen molar-refractivity contribution >= 4 is 11.8 Å². The lowest BCUT2D eigenvalue weighted by Gasteiger charge is -2.16. The largest absolute Gasteiger partial charge is 0.496 e. The molecule has 1 saturated heterocycles. The molecular weight excluding hydrogens is 218 g/mol. The van der Waals surface area contributed by atoms with E-state index in [4.69, 9.17) is 4.74 Å². The Morgan fingerprint density at radius 2 is 2.25 bits per heavy atom. The molecule has 1 fully saturated rings. The molecule has 2 nitrogen and oxygen atoms in total. The van der Waals surface area contributed by atoms with Gasteiger partial charge in [0.2, 0.25) is 0 Å². The first-order chi connectivity index (χ1) is 7.76. The van der Waals surface area contributed by atoms with Gasteiger partial charge in [0.15, 0.2) is 0 Å². The third kappa shape index (κ3) is 2.20. The van der Waals surface area contributed by atoms with Crippen molar-refractivity contribution in [1.82, 2.24) is 5.32 Å². The Hall–Kier alpha value is -0.670. The normalized spacial score (nSPS) is 20.1. The molecule has 1 aromatic carbocycles. The Balaban J connectivity index is 2.40. The summed E-state index contributed by atoms with van der Waals surface area (Å²) < 4.78 is 5.42. The standard InChI is InChI=1S/C13H19NOS/c1-9-6-13(16-3)11(7-12(9)15-2)10-4-5-14-8-10/h6-7,10,14H,4-5,8H2,1-3H3. The van der Waals surface area contributed by atoms with Crippen molar-refractivity contribution in [2.24, 2.45) is 0 Å². The number of hydrogen-bond donors (Lipinski definition) is 1. The van der Waals surface area contributed by atoms with E-state index in [1.165, 1.54) is 22.4 Å². The molecule has 1 unspecified atom stereocenters. The number of rotatable bonds is 3. The van der Waals surface area contributed by atoms with Gasteiger partial charge in [-0.2, -0.15) is 0 Å². The molecule has 0 radical (unpaired) electrons. The van der Waals surface area contributed by atoms with Gasteiger partial charge in [0.1, 0.15) is 5.75 Å². The molecule has 0 aromatic heterocycles. The van der Waals surface area contributed by atoms with Gasteiger partial charge in [-0.1, -0.05) is 0 Å². The van der Waals surface area contributed by atoms with E-state index in [0.717, 1.165) is 18.8 Å². The van der Waals surface area contributed by atoms with Crippen LogP contribution >= 0.6 is 11.8 Å². The summed E-state index contributed by atoms with van der Waals surface area (Å²) in [5.41, 5.74) is 2.67. The van der Waals surface area contributed by atoms with E-state index in [0.29, 0.717) is 5.92 Å². The smallest absolute Gasteiger partial charge is 0.122 e. The number of methoxy groups -OCH3 is 1. The minimum atomic E-state index is 0.650. The van der Waals surface area contributed by atoms with Crippen molar-refractivity contribution in [3.63, 3.8) is 0 Å². The Morgan fingerprint density at radius 3 is 2.81 bits per heavy atom. The summed E-state index contributed by atoms with van der Waals surface area (Å²) in [7, 11) is 1.75. The first kappa shape index (κ1) is 11.8. The fraction of sp³-hybridized carbons (Fsp3) is 0.538. The summed E-state index contributed by atoms with van der Waals surface area (Å²) in [5.74, 6) is 1.66. The molecule has 0 saturated carbocycles. The number of hydrogen-bond acceptors (Lipinski definition) is 3. The summed E-state index contributed by atoms with van der Waals surface area (Å²) in [6.07, 6.45) is 3.38. The second-order valence-electron chi connectivity index (χ2n) is 4.25. The van der Waals surface area contributed by atoms with Gasteiger partial charge in [-0.3, -0.25) is 0 Å². The SMILES string of the molecule is COc1cc(C2CCNC2)c(SC)cc1C. The molecule has 1 aliphatic rings. The minimum absolute atomic E-state index is 0.650. The lowest BCUT2D eigenvalue weighted by Crippen LogP contribution is -2.08. The highest BCUT2D eigenvalue weighted by molar-refractivity contribution is 7.98. The molecule has 0 aliphatic carbocycles. The molecule has 1 aromatic rings. The highest BCUT2D eigenvalue weighted by Gasteiger charge is 2.20. The molecule has 2 rings (SSSR count). The molecule has 0 bridgehead atoms. The average Bonchev–Trinajstić information content (AvgIpc) is 2.82. The van der Waals surface area contributed by atoms with Crippen molar-refractivity contribution in [3.8, 4) is 5.75 Å². The lowest BCUT2D eigenvalue weighted by molar-refractivity contribution is 0.410. The maximum absolute atomic E-state index is 5.42. The topological polar surface area (TPSA) is 21.3 Å². The molecule has 0 spiro atoms. The quantitative estimate of drug-likeness (QED) is 0.817. The summed E-state index contributed by atoms with van der Waals surface area (Å²) in [4.78, 5) is 1.40. The van der Waals surface area contributed by atoms with Crippen LogP contribution in [-0.2, 0) is 0 Å². The molecular formula is C13H19NOS. The molecule has 1 heterocycles. The van der Waals surface area contributed by atoms with Crippen LogP contribution in [0.25, 0.3) is 0 Å². The van der Waals surface area contributed by atoms with Gasteiger partial charge in [-0.15, -0.1) is 11.8 Å². The second-order valence-corrected chi connectivity index (χ2v) is 5.10. The molecule has 88 valence electrons. The van der Waals surface area contributed by atoms with Crippen LogP contribution in [0.15, 0.2) is 17.0 Å². The summed E-state index contributed by atoms with van der Waals surface area (Å²) >= 11 is 1.83. The second kappa shape index (κ2) is 5.11. The monoisotopic (exact) mass is 237 g/mol. The maximum atomic E-state index is 5.42. The number of benzene rings is 1. The van der Waals surface area contributed by atoms with Gasteiger partial charge in [-0.05, 0) is 55.3 Å². The van der Waals surface area contributed by atoms with Crippen LogP contribution < -0.4 is 10.1 Å². The van der Waals surface area contributed by atoms with Gasteiger partial charge < -0.3 is 10.1 Å². The summed E-state index contributed by atoms with van der Waals surface area (Å²) in [6, 6.07) is 4.47. The minimum Gasteiger partial charge on any atom is -0.496 e. The zero-order valence-corrected chi connectivity index (χ0v) is 11.0. The number of aryl methyl sites for hydroxylation is 1. The zero-order chi connectivity index (χ0) is 11.5. The van der Waals surface area contributed by atoms with Crippen LogP contribution in [0.5, 0.6) is 5.75 Å². The first-order valence-corrected chi connectivity index (χ1v) is 6.92. The number of nitrogens with one attached hydrogen (secondary N) is 1. The first-order valence-electron chi connectivity index (χ1n) is 5.69. The van der Waals surface area contributed by atoms with Crippen LogP contribution in [0.4, 0.5) is 0 Å². The van der Waals surface area contributed by atoms with E-state index in [1.807, 2.05) is 11.8 Å². The number of ether oxygens (including phenoxy) is 1. The zero-order valence-electron chi connectivity index (χ0n) is 10.2. The van der Waals surface area contributed by atoms with Crippen LogP contribution in [0.2, 0.25) is 0 Å². The lowest BCUT2D eigenvalue weighted by atomic mass is 9.97. The van der Waals surface area contributed by atoms with E-state index in [2.05, 4.69) is 30.6 Å². The van der Waals surface area contributed by atoms with E-state index in [9.17, 15) is 0 Å². The highest BCUT2D eigenvalue weighted by atomic mass is 32.2. The van der Waals surface area contributed by atoms with E-state index >= 15 is 0 Å². The fourth-order valence-electron chi connectivity index (χ4n) is 2.31. The fourth-order valence-corrected chi connectivity index (χ4v) is 3.07. The molecule has 0 amide bonds. The van der Waals surface area contributed by atoms with Crippen molar-refractivity contribution in [3.05, 3.63) is 23.3 Å². The van der Waals surface area contributed by atoms with Crippen molar-refractivity contribution in [1.29, 1.82) is 0 Å². The average molecular weight is 237 g/mol. The van der Waals surface area contributed by atoms with Gasteiger partial charge in [0.05, 0.1) is 7.11 Å². The van der Waals surface area contributed by atoms with Crippen LogP contribution in [0.1, 0.15) is 23.5 Å². The molecule has 1 aliphatic heterocycles. The van der Waals surface area contributed by atoms with Crippen LogP contribution in [0, 0.1) is 6.92 Å². The Morgan fingerprint density at radius 1 is 1.44 bits per heavy atom. The molecule has 16 heavy (non-hydrogen) atoms. The van der Waals surface area contributed by atoms with E-state index < -0.39 is 0 Å².